The Kier molecular flexibility index (Phi) is 5.46. The Labute approximate surface area is 184 Å². The van der Waals surface area contributed by atoms with Crippen LogP contribution in [0.1, 0.15) is 27.7 Å². The molecule has 3 heterocycles. The van der Waals surface area contributed by atoms with Crippen molar-refractivity contribution in [1.82, 2.24) is 15.1 Å². The fourth-order valence-corrected chi connectivity index (χ4v) is 5.11. The van der Waals surface area contributed by atoms with Crippen LogP contribution in [0.3, 0.4) is 0 Å². The number of methoxy groups -OCH3 is 1. The van der Waals surface area contributed by atoms with E-state index in [0.29, 0.717) is 24.0 Å². The van der Waals surface area contributed by atoms with Gasteiger partial charge < -0.3 is 19.1 Å². The number of carbonyl (C=O) groups excluding carboxylic acids is 1. The van der Waals surface area contributed by atoms with Gasteiger partial charge in [-0.1, -0.05) is 18.2 Å². The molecule has 8 heteroatoms. The largest absolute Gasteiger partial charge is 0.497 e. The lowest BCUT2D eigenvalue weighted by Crippen LogP contribution is -2.33. The summed E-state index contributed by atoms with van der Waals surface area (Å²) in [6.45, 7) is 1.68. The van der Waals surface area contributed by atoms with Crippen molar-refractivity contribution in [3.63, 3.8) is 0 Å². The second-order valence-electron chi connectivity index (χ2n) is 7.45. The number of ether oxygens (including phenoxy) is 3. The zero-order valence-electron chi connectivity index (χ0n) is 17.2. The molecule has 1 unspecified atom stereocenters. The molecule has 31 heavy (non-hydrogen) atoms. The number of aromatic nitrogens is 2. The van der Waals surface area contributed by atoms with Crippen molar-refractivity contribution in [1.29, 1.82) is 0 Å². The smallest absolute Gasteiger partial charge is 0.271 e. The summed E-state index contributed by atoms with van der Waals surface area (Å²) in [4.78, 5) is 15.0. The van der Waals surface area contributed by atoms with Crippen LogP contribution in [0, 0.1) is 0 Å². The van der Waals surface area contributed by atoms with E-state index in [9.17, 15) is 4.79 Å². The molecular formula is C23H23N3O4S. The second-order valence-corrected chi connectivity index (χ2v) is 8.76. The number of H-pyrrole nitrogens is 1. The van der Waals surface area contributed by atoms with E-state index in [0.717, 1.165) is 40.7 Å². The normalized spacial score (nSPS) is 18.0. The van der Waals surface area contributed by atoms with Crippen LogP contribution in [0.5, 0.6) is 17.2 Å². The molecule has 2 aromatic carbocycles. The molecule has 5 rings (SSSR count). The molecular weight excluding hydrogens is 414 g/mol. The Morgan fingerprint density at radius 1 is 1.16 bits per heavy atom. The summed E-state index contributed by atoms with van der Waals surface area (Å²) in [5.74, 6) is 3.21. The predicted molar refractivity (Wildman–Crippen MR) is 119 cm³/mol. The summed E-state index contributed by atoms with van der Waals surface area (Å²) in [5, 5.41) is 7.57. The van der Waals surface area contributed by atoms with Gasteiger partial charge in [0.25, 0.3) is 5.91 Å². The third-order valence-electron chi connectivity index (χ3n) is 5.57. The third-order valence-corrected chi connectivity index (χ3v) is 6.90. The van der Waals surface area contributed by atoms with Gasteiger partial charge >= 0.3 is 0 Å². The van der Waals surface area contributed by atoms with Gasteiger partial charge in [0, 0.05) is 29.7 Å². The maximum absolute atomic E-state index is 13.1. The Hall–Kier alpha value is -3.13. The molecule has 1 atom stereocenters. The fourth-order valence-electron chi connectivity index (χ4n) is 3.88. The average Bonchev–Trinajstić information content (AvgIpc) is 3.42. The summed E-state index contributed by atoms with van der Waals surface area (Å²) < 4.78 is 16.2. The molecule has 1 fully saturated rings. The van der Waals surface area contributed by atoms with Crippen molar-refractivity contribution in [2.45, 2.75) is 11.7 Å². The molecule has 1 amide bonds. The van der Waals surface area contributed by atoms with Crippen LogP contribution < -0.4 is 14.2 Å². The van der Waals surface area contributed by atoms with Crippen LogP contribution in [0.2, 0.25) is 0 Å². The fraction of sp³-hybridized carbons (Fsp3) is 0.304. The molecule has 2 aliphatic rings. The summed E-state index contributed by atoms with van der Waals surface area (Å²) >= 11 is 1.88. The van der Waals surface area contributed by atoms with Crippen molar-refractivity contribution in [2.75, 3.05) is 32.7 Å². The van der Waals surface area contributed by atoms with Crippen LogP contribution in [0.15, 0.2) is 48.5 Å². The van der Waals surface area contributed by atoms with Gasteiger partial charge in [-0.25, -0.2) is 0 Å². The Morgan fingerprint density at radius 3 is 2.97 bits per heavy atom. The molecule has 0 aliphatic carbocycles. The van der Waals surface area contributed by atoms with E-state index < -0.39 is 0 Å². The van der Waals surface area contributed by atoms with Crippen molar-refractivity contribution < 1.29 is 19.0 Å². The van der Waals surface area contributed by atoms with E-state index in [1.807, 2.05) is 53.1 Å². The minimum Gasteiger partial charge on any atom is -0.497 e. The second kappa shape index (κ2) is 8.55. The number of benzene rings is 2. The highest BCUT2D eigenvalue weighted by Crippen LogP contribution is 2.40. The van der Waals surface area contributed by atoms with Gasteiger partial charge in [0.2, 0.25) is 6.79 Å². The quantitative estimate of drug-likeness (QED) is 0.661. The number of carbonyl (C=O) groups is 1. The molecule has 0 bridgehead atoms. The molecule has 0 spiro atoms. The number of aromatic amines is 1. The number of thioether (sulfide) groups is 1. The van der Waals surface area contributed by atoms with Crippen molar-refractivity contribution >= 4 is 17.7 Å². The van der Waals surface area contributed by atoms with Crippen molar-refractivity contribution in [3.05, 3.63) is 59.8 Å². The van der Waals surface area contributed by atoms with Gasteiger partial charge in [0.05, 0.1) is 12.8 Å². The lowest BCUT2D eigenvalue weighted by molar-refractivity contribution is 0.0760. The molecule has 1 saturated heterocycles. The molecule has 1 N–H and O–H groups in total. The van der Waals surface area contributed by atoms with Crippen LogP contribution in [0.4, 0.5) is 0 Å². The highest BCUT2D eigenvalue weighted by molar-refractivity contribution is 7.99. The first-order chi connectivity index (χ1) is 15.2. The number of nitrogens with one attached hydrogen (secondary N) is 1. The number of nitrogens with zero attached hydrogens (tertiary/aromatic N) is 2. The summed E-state index contributed by atoms with van der Waals surface area (Å²) in [7, 11) is 1.63. The standard InChI is InChI=1S/C23H23N3O4S/c1-28-17-4-2-3-15(11-17)18-13-19(25-24-18)23(27)26-8-7-22(31-10-9-26)16-5-6-20-21(12-16)30-14-29-20/h2-6,11-13,22H,7-10,14H2,1H3,(H,24,25). The third kappa shape index (κ3) is 4.07. The SMILES string of the molecule is COc1cccc(-c2cc(C(=O)N3CCSC(c4ccc5c(c4)OCO5)CC3)[nH]n2)c1. The van der Waals surface area contributed by atoms with Crippen LogP contribution in [-0.4, -0.2) is 53.7 Å². The summed E-state index contributed by atoms with van der Waals surface area (Å²) in [5.41, 5.74) is 3.35. The highest BCUT2D eigenvalue weighted by Gasteiger charge is 2.25. The monoisotopic (exact) mass is 437 g/mol. The summed E-state index contributed by atoms with van der Waals surface area (Å²) in [6, 6.07) is 15.6. The predicted octanol–water partition coefficient (Wildman–Crippen LogP) is 4.13. The van der Waals surface area contributed by atoms with E-state index in [1.165, 1.54) is 5.56 Å². The summed E-state index contributed by atoms with van der Waals surface area (Å²) in [6.07, 6.45) is 0.882. The minimum absolute atomic E-state index is 0.0198. The minimum atomic E-state index is -0.0198. The number of rotatable bonds is 4. The number of hydrogen-bond donors (Lipinski definition) is 1. The van der Waals surface area contributed by atoms with Gasteiger partial charge in [0.15, 0.2) is 11.5 Å². The average molecular weight is 438 g/mol. The first kappa shape index (κ1) is 19.8. The molecule has 0 radical (unpaired) electrons. The topological polar surface area (TPSA) is 76.7 Å². The van der Waals surface area contributed by atoms with Gasteiger partial charge in [0.1, 0.15) is 11.4 Å². The number of hydrogen-bond acceptors (Lipinski definition) is 6. The first-order valence-electron chi connectivity index (χ1n) is 10.2. The molecule has 3 aromatic rings. The van der Waals surface area contributed by atoms with E-state index in [-0.39, 0.29) is 12.7 Å². The van der Waals surface area contributed by atoms with Crippen LogP contribution in [0.25, 0.3) is 11.3 Å². The van der Waals surface area contributed by atoms with Crippen LogP contribution in [-0.2, 0) is 0 Å². The van der Waals surface area contributed by atoms with E-state index in [1.54, 1.807) is 7.11 Å². The van der Waals surface area contributed by atoms with Gasteiger partial charge in [-0.15, -0.1) is 0 Å². The number of amides is 1. The van der Waals surface area contributed by atoms with Gasteiger partial charge in [-0.3, -0.25) is 9.89 Å². The zero-order valence-corrected chi connectivity index (χ0v) is 18.0. The maximum Gasteiger partial charge on any atom is 0.271 e. The first-order valence-corrected chi connectivity index (χ1v) is 11.3. The zero-order chi connectivity index (χ0) is 21.2. The van der Waals surface area contributed by atoms with Gasteiger partial charge in [-0.2, -0.15) is 16.9 Å². The Bertz CT molecular complexity index is 1100. The highest BCUT2D eigenvalue weighted by atomic mass is 32.2. The van der Waals surface area contributed by atoms with E-state index in [2.05, 4.69) is 22.3 Å². The van der Waals surface area contributed by atoms with Crippen molar-refractivity contribution in [3.8, 4) is 28.5 Å². The van der Waals surface area contributed by atoms with E-state index in [4.69, 9.17) is 14.2 Å². The van der Waals surface area contributed by atoms with E-state index >= 15 is 0 Å². The lowest BCUT2D eigenvalue weighted by Gasteiger charge is -2.19. The Balaban J connectivity index is 1.27. The van der Waals surface area contributed by atoms with Crippen molar-refractivity contribution in [2.24, 2.45) is 0 Å². The maximum atomic E-state index is 13.1. The van der Waals surface area contributed by atoms with Crippen LogP contribution >= 0.6 is 11.8 Å². The molecule has 1 aromatic heterocycles. The molecule has 160 valence electrons. The Morgan fingerprint density at radius 2 is 2.06 bits per heavy atom. The molecule has 7 nitrogen and oxygen atoms in total. The molecule has 0 saturated carbocycles. The number of fused-ring (bicyclic) bond motifs is 1. The van der Waals surface area contributed by atoms with Gasteiger partial charge in [-0.05, 0) is 42.3 Å². The molecule has 2 aliphatic heterocycles. The lowest BCUT2D eigenvalue weighted by atomic mass is 10.1.